The van der Waals surface area contributed by atoms with E-state index in [-0.39, 0.29) is 36.0 Å². The molecule has 7 nitrogen and oxygen atoms in total. The molecule has 2 saturated heterocycles. The maximum atomic E-state index is 13.3. The number of nitrogens with two attached hydrogens (primary N) is 1. The lowest BCUT2D eigenvalue weighted by Crippen LogP contribution is -2.56. The minimum Gasteiger partial charge on any atom is -0.476 e. The van der Waals surface area contributed by atoms with Crippen molar-refractivity contribution in [2.24, 2.45) is 17.1 Å². The molecule has 2 saturated carbocycles. The van der Waals surface area contributed by atoms with Crippen molar-refractivity contribution < 1.29 is 23.1 Å². The van der Waals surface area contributed by atoms with Crippen LogP contribution in [0.1, 0.15) is 42.6 Å². The number of alkyl halides is 2. The quantitative estimate of drug-likeness (QED) is 0.778. The number of halogens is 2. The number of carbonyl (C=O) groups excluding carboxylic acids is 2. The van der Waals surface area contributed by atoms with Crippen molar-refractivity contribution in [2.45, 2.75) is 44.1 Å². The van der Waals surface area contributed by atoms with Crippen LogP contribution in [0, 0.1) is 11.3 Å². The van der Waals surface area contributed by atoms with Crippen LogP contribution in [0.4, 0.5) is 14.5 Å². The van der Waals surface area contributed by atoms with E-state index in [4.69, 9.17) is 10.5 Å². The van der Waals surface area contributed by atoms with Crippen LogP contribution in [-0.2, 0) is 4.79 Å². The van der Waals surface area contributed by atoms with Gasteiger partial charge in [-0.1, -0.05) is 0 Å². The van der Waals surface area contributed by atoms with E-state index in [2.05, 4.69) is 4.98 Å². The second-order valence-corrected chi connectivity index (χ2v) is 8.90. The largest absolute Gasteiger partial charge is 0.476 e. The number of anilines is 1. The van der Waals surface area contributed by atoms with Crippen molar-refractivity contribution in [2.75, 3.05) is 31.1 Å². The second-order valence-electron chi connectivity index (χ2n) is 8.90. The van der Waals surface area contributed by atoms with E-state index < -0.39 is 17.9 Å². The van der Waals surface area contributed by atoms with Crippen molar-refractivity contribution in [1.29, 1.82) is 0 Å². The molecule has 2 N–H and O–H groups in total. The molecule has 9 heteroatoms. The van der Waals surface area contributed by atoms with Gasteiger partial charge in [0, 0.05) is 12.0 Å². The van der Waals surface area contributed by atoms with Crippen LogP contribution in [-0.4, -0.2) is 59.9 Å². The summed E-state index contributed by atoms with van der Waals surface area (Å²) in [6, 6.07) is 2.52. The zero-order chi connectivity index (χ0) is 20.4. The maximum absolute atomic E-state index is 13.3. The zero-order valence-corrected chi connectivity index (χ0v) is 16.1. The Hall–Kier alpha value is -2.45. The average Bonchev–Trinajstić information content (AvgIpc) is 3.55. The highest BCUT2D eigenvalue weighted by atomic mass is 19.3. The molecule has 2 aliphatic heterocycles. The summed E-state index contributed by atoms with van der Waals surface area (Å²) in [6.45, 7) is 0.144. The normalized spacial score (nSPS) is 26.3. The number of ether oxygens (including phenoxy) is 1. The summed E-state index contributed by atoms with van der Waals surface area (Å²) >= 11 is 0. The number of likely N-dealkylation sites (tertiary alicyclic amines) is 1. The van der Waals surface area contributed by atoms with Crippen LogP contribution in [0.25, 0.3) is 0 Å². The minimum absolute atomic E-state index is 0.149. The van der Waals surface area contributed by atoms with Crippen molar-refractivity contribution in [1.82, 2.24) is 9.88 Å². The van der Waals surface area contributed by atoms with Crippen LogP contribution in [0.3, 0.4) is 0 Å². The van der Waals surface area contributed by atoms with Gasteiger partial charge in [0.25, 0.3) is 11.8 Å². The number of primary amides is 1. The summed E-state index contributed by atoms with van der Waals surface area (Å²) in [5, 5.41) is 0. The zero-order valence-electron chi connectivity index (χ0n) is 16.1. The van der Waals surface area contributed by atoms with Gasteiger partial charge in [-0.25, -0.2) is 13.8 Å². The molecule has 4 aliphatic rings. The molecular weight excluding hydrogens is 382 g/mol. The predicted molar refractivity (Wildman–Crippen MR) is 99.9 cm³/mol. The molecule has 0 radical (unpaired) electrons. The third kappa shape index (κ3) is 3.30. The molecule has 1 unspecified atom stereocenters. The molecule has 3 heterocycles. The molecule has 1 spiro atoms. The molecular formula is C20H24F2N4O3. The lowest BCUT2D eigenvalue weighted by atomic mass is 9.96. The van der Waals surface area contributed by atoms with E-state index in [0.29, 0.717) is 24.8 Å². The molecule has 1 aromatic heterocycles. The van der Waals surface area contributed by atoms with Gasteiger partial charge in [0.2, 0.25) is 11.8 Å². The number of hydrogen-bond donors (Lipinski definition) is 1. The number of amides is 2. The standard InChI is InChI=1S/C20H24F2N4O3/c21-20(22)10-25(11-20)14-4-3-13(24-17(14)29-9-12-1-2-12)18(28)26-8-7-19(5-6-19)15(26)16(23)27/h3-4,12,15H,1-2,5-11H2,(H2,23,27). The first-order chi connectivity index (χ1) is 13.8. The Kier molecular flexibility index (Phi) is 4.02. The lowest BCUT2D eigenvalue weighted by molar-refractivity contribution is -0.123. The number of nitrogens with zero attached hydrogens (tertiary/aromatic N) is 3. The molecule has 156 valence electrons. The van der Waals surface area contributed by atoms with Gasteiger partial charge >= 0.3 is 0 Å². The van der Waals surface area contributed by atoms with Gasteiger partial charge in [0.05, 0.1) is 19.7 Å². The van der Waals surface area contributed by atoms with Crippen molar-refractivity contribution in [3.05, 3.63) is 17.8 Å². The second kappa shape index (κ2) is 6.27. The Morgan fingerprint density at radius 3 is 2.52 bits per heavy atom. The first-order valence-corrected chi connectivity index (χ1v) is 10.1. The Bertz CT molecular complexity index is 861. The van der Waals surface area contributed by atoms with Gasteiger partial charge in [-0.15, -0.1) is 0 Å². The van der Waals surface area contributed by atoms with Crippen LogP contribution in [0.15, 0.2) is 12.1 Å². The average molecular weight is 406 g/mol. The van der Waals surface area contributed by atoms with E-state index in [9.17, 15) is 18.4 Å². The molecule has 29 heavy (non-hydrogen) atoms. The van der Waals surface area contributed by atoms with Gasteiger partial charge in [-0.2, -0.15) is 0 Å². The predicted octanol–water partition coefficient (Wildman–Crippen LogP) is 1.81. The van der Waals surface area contributed by atoms with Crippen LogP contribution >= 0.6 is 0 Å². The molecule has 1 atom stereocenters. The molecule has 0 bridgehead atoms. The van der Waals surface area contributed by atoms with E-state index in [1.54, 1.807) is 6.07 Å². The number of carbonyl (C=O) groups is 2. The van der Waals surface area contributed by atoms with Gasteiger partial charge in [-0.05, 0) is 50.2 Å². The Morgan fingerprint density at radius 2 is 1.93 bits per heavy atom. The summed E-state index contributed by atoms with van der Waals surface area (Å²) in [6.07, 6.45) is 4.71. The van der Waals surface area contributed by atoms with Crippen LogP contribution in [0.5, 0.6) is 5.88 Å². The number of aromatic nitrogens is 1. The fourth-order valence-corrected chi connectivity index (χ4v) is 4.51. The van der Waals surface area contributed by atoms with E-state index in [1.807, 2.05) is 0 Å². The molecule has 5 rings (SSSR count). The van der Waals surface area contributed by atoms with Crippen molar-refractivity contribution >= 4 is 17.5 Å². The summed E-state index contributed by atoms with van der Waals surface area (Å²) < 4.78 is 32.5. The van der Waals surface area contributed by atoms with Gasteiger partial charge < -0.3 is 20.3 Å². The van der Waals surface area contributed by atoms with Gasteiger partial charge in [0.15, 0.2) is 0 Å². The fourth-order valence-electron chi connectivity index (χ4n) is 4.51. The highest BCUT2D eigenvalue weighted by Gasteiger charge is 2.59. The van der Waals surface area contributed by atoms with E-state index in [0.717, 1.165) is 32.1 Å². The molecule has 4 fully saturated rings. The summed E-state index contributed by atoms with van der Waals surface area (Å²) in [5.41, 5.74) is 6.05. The maximum Gasteiger partial charge on any atom is 0.282 e. The van der Waals surface area contributed by atoms with E-state index in [1.165, 1.54) is 15.9 Å². The summed E-state index contributed by atoms with van der Waals surface area (Å²) in [5.74, 6) is -2.92. The Labute approximate surface area is 167 Å². The fraction of sp³-hybridized carbons (Fsp3) is 0.650. The lowest BCUT2D eigenvalue weighted by Gasteiger charge is -2.40. The van der Waals surface area contributed by atoms with Crippen molar-refractivity contribution in [3.63, 3.8) is 0 Å². The van der Waals surface area contributed by atoms with Crippen LogP contribution < -0.4 is 15.4 Å². The molecule has 2 amide bonds. The first-order valence-electron chi connectivity index (χ1n) is 10.1. The van der Waals surface area contributed by atoms with Gasteiger partial charge in [0.1, 0.15) is 17.4 Å². The third-order valence-electron chi connectivity index (χ3n) is 6.56. The topological polar surface area (TPSA) is 88.8 Å². The Morgan fingerprint density at radius 1 is 1.21 bits per heavy atom. The summed E-state index contributed by atoms with van der Waals surface area (Å²) in [7, 11) is 0. The highest BCUT2D eigenvalue weighted by molar-refractivity contribution is 5.97. The number of rotatable bonds is 6. The highest BCUT2D eigenvalue weighted by Crippen LogP contribution is 2.57. The molecule has 2 aliphatic carbocycles. The number of hydrogen-bond acceptors (Lipinski definition) is 5. The number of pyridine rings is 1. The van der Waals surface area contributed by atoms with Gasteiger partial charge in [-0.3, -0.25) is 9.59 Å². The van der Waals surface area contributed by atoms with E-state index >= 15 is 0 Å². The summed E-state index contributed by atoms with van der Waals surface area (Å²) in [4.78, 5) is 32.5. The van der Waals surface area contributed by atoms with Crippen molar-refractivity contribution in [3.8, 4) is 5.88 Å². The first kappa shape index (κ1) is 18.6. The third-order valence-corrected chi connectivity index (χ3v) is 6.56. The van der Waals surface area contributed by atoms with Crippen LogP contribution in [0.2, 0.25) is 0 Å². The minimum atomic E-state index is -2.72. The Balaban J connectivity index is 1.40. The molecule has 1 aromatic rings. The SMILES string of the molecule is NC(=O)C1N(C(=O)c2ccc(N3CC(F)(F)C3)c(OCC3CC3)n2)CCC12CC2. The molecule has 0 aromatic carbocycles. The monoisotopic (exact) mass is 406 g/mol. The smallest absolute Gasteiger partial charge is 0.282 e.